The maximum absolute atomic E-state index is 12.6. The Morgan fingerprint density at radius 1 is 1.17 bits per heavy atom. The van der Waals surface area contributed by atoms with Gasteiger partial charge in [0.1, 0.15) is 6.04 Å². The Balaban J connectivity index is 1.94. The van der Waals surface area contributed by atoms with Gasteiger partial charge in [-0.25, -0.2) is 0 Å². The molecule has 1 aliphatic heterocycles. The Morgan fingerprint density at radius 2 is 1.87 bits per heavy atom. The van der Waals surface area contributed by atoms with Gasteiger partial charge in [0.15, 0.2) is 0 Å². The monoisotopic (exact) mass is 305 g/mol. The van der Waals surface area contributed by atoms with Crippen LogP contribution in [0.5, 0.6) is 0 Å². The summed E-state index contributed by atoms with van der Waals surface area (Å²) in [6.45, 7) is 0. The number of nitrogens with zero attached hydrogens (tertiary/aromatic N) is 3. The van der Waals surface area contributed by atoms with Crippen molar-refractivity contribution >= 4 is 17.7 Å². The van der Waals surface area contributed by atoms with Gasteiger partial charge in [-0.1, -0.05) is 24.3 Å². The quantitative estimate of drug-likeness (QED) is 0.629. The van der Waals surface area contributed by atoms with Gasteiger partial charge in [0.05, 0.1) is 11.0 Å². The molecule has 1 heterocycles. The highest BCUT2D eigenvalue weighted by Gasteiger charge is 2.28. The van der Waals surface area contributed by atoms with Gasteiger partial charge in [-0.3, -0.25) is 19.8 Å². The molecule has 0 saturated carbocycles. The molecule has 1 aliphatic rings. The topological polar surface area (TPSA) is 87.2 Å². The smallest absolute Gasteiger partial charge is 0.269 e. The van der Waals surface area contributed by atoms with Crippen LogP contribution < -0.4 is 0 Å². The van der Waals surface area contributed by atoms with E-state index in [1.807, 2.05) is 24.3 Å². The first kappa shape index (κ1) is 14.5. The van der Waals surface area contributed by atoms with Gasteiger partial charge in [-0.05, 0) is 29.3 Å². The van der Waals surface area contributed by atoms with Crippen molar-refractivity contribution in [1.82, 2.24) is 4.90 Å². The number of carbonyl (C=O) groups is 1. The number of benzene rings is 2. The lowest BCUT2D eigenvalue weighted by molar-refractivity contribution is -0.384. The molecule has 112 valence electrons. The third-order valence-electron chi connectivity index (χ3n) is 3.67. The minimum Gasteiger partial charge on any atom is -0.294 e. The van der Waals surface area contributed by atoms with Crippen LogP contribution in [0.25, 0.3) is 6.08 Å². The lowest BCUT2D eigenvalue weighted by atomic mass is 9.96. The number of non-ortho nitro benzene ring substituents is 1. The fourth-order valence-corrected chi connectivity index (χ4v) is 2.50. The predicted octanol–water partition coefficient (Wildman–Crippen LogP) is 3.29. The van der Waals surface area contributed by atoms with E-state index in [4.69, 9.17) is 0 Å². The molecule has 0 aliphatic carbocycles. The number of hydrogen-bond acceptors (Lipinski definition) is 4. The summed E-state index contributed by atoms with van der Waals surface area (Å²) >= 11 is 0. The molecule has 2 aromatic carbocycles. The molecule has 6 nitrogen and oxygen atoms in total. The molecule has 6 heteroatoms. The summed E-state index contributed by atoms with van der Waals surface area (Å²) in [5, 5.41) is 20.1. The van der Waals surface area contributed by atoms with Crippen LogP contribution in [0.1, 0.15) is 27.5 Å². The Kier molecular flexibility index (Phi) is 3.61. The van der Waals surface area contributed by atoms with Crippen LogP contribution in [0.4, 0.5) is 5.69 Å². The molecule has 0 aromatic heterocycles. The van der Waals surface area contributed by atoms with E-state index in [1.54, 1.807) is 12.3 Å². The van der Waals surface area contributed by atoms with Gasteiger partial charge in [0.2, 0.25) is 0 Å². The summed E-state index contributed by atoms with van der Waals surface area (Å²) in [4.78, 5) is 24.1. The summed E-state index contributed by atoms with van der Waals surface area (Å²) in [6.07, 6.45) is 3.34. The molecule has 1 atom stereocenters. The molecule has 0 saturated heterocycles. The number of hydrogen-bond donors (Lipinski definition) is 0. The molecular weight excluding hydrogens is 294 g/mol. The maximum Gasteiger partial charge on any atom is 0.269 e. The number of fused-ring (bicyclic) bond motifs is 1. The lowest BCUT2D eigenvalue weighted by Crippen LogP contribution is -2.31. The molecule has 0 radical (unpaired) electrons. The van der Waals surface area contributed by atoms with E-state index in [1.165, 1.54) is 29.2 Å². The van der Waals surface area contributed by atoms with E-state index in [0.29, 0.717) is 5.56 Å². The van der Waals surface area contributed by atoms with Crippen LogP contribution in [-0.4, -0.2) is 15.7 Å². The number of carbonyl (C=O) groups excluding carboxylic acids is 1. The molecule has 0 N–H and O–H groups in total. The first-order chi connectivity index (χ1) is 11.1. The van der Waals surface area contributed by atoms with Gasteiger partial charge in [-0.2, -0.15) is 5.26 Å². The van der Waals surface area contributed by atoms with Gasteiger partial charge >= 0.3 is 0 Å². The van der Waals surface area contributed by atoms with Crippen LogP contribution in [-0.2, 0) is 0 Å². The minimum atomic E-state index is -0.723. The highest BCUT2D eigenvalue weighted by atomic mass is 16.6. The van der Waals surface area contributed by atoms with Crippen LogP contribution in [0.15, 0.2) is 54.7 Å². The second-order valence-electron chi connectivity index (χ2n) is 4.99. The molecule has 3 rings (SSSR count). The molecule has 23 heavy (non-hydrogen) atoms. The SMILES string of the molecule is N#C[C@H]1c2ccccc2C=CN1C(=O)c1ccc([N+](=O)[O-])cc1. The Labute approximate surface area is 132 Å². The zero-order valence-electron chi connectivity index (χ0n) is 11.9. The Morgan fingerprint density at radius 3 is 2.52 bits per heavy atom. The number of nitriles is 1. The number of amides is 1. The summed E-state index contributed by atoms with van der Waals surface area (Å²) in [6, 6.07) is 14.1. The second kappa shape index (κ2) is 5.73. The Bertz CT molecular complexity index is 850. The van der Waals surface area contributed by atoms with Gasteiger partial charge < -0.3 is 0 Å². The first-order valence-corrected chi connectivity index (χ1v) is 6.85. The van der Waals surface area contributed by atoms with E-state index in [9.17, 15) is 20.2 Å². The van der Waals surface area contributed by atoms with Gasteiger partial charge in [0, 0.05) is 23.9 Å². The molecule has 2 aromatic rings. The third-order valence-corrected chi connectivity index (χ3v) is 3.67. The molecule has 0 unspecified atom stereocenters. The zero-order chi connectivity index (χ0) is 16.4. The molecule has 0 spiro atoms. The van der Waals surface area contributed by atoms with Crippen molar-refractivity contribution in [2.24, 2.45) is 0 Å². The molecule has 1 amide bonds. The largest absolute Gasteiger partial charge is 0.294 e. The first-order valence-electron chi connectivity index (χ1n) is 6.85. The zero-order valence-corrected chi connectivity index (χ0v) is 11.9. The third kappa shape index (κ3) is 2.56. The number of nitro groups is 1. The lowest BCUT2D eigenvalue weighted by Gasteiger charge is -2.28. The second-order valence-corrected chi connectivity index (χ2v) is 4.99. The van der Waals surface area contributed by atoms with Crippen LogP contribution in [0.2, 0.25) is 0 Å². The summed E-state index contributed by atoms with van der Waals surface area (Å²) in [5.41, 5.74) is 1.86. The van der Waals surface area contributed by atoms with Crippen molar-refractivity contribution < 1.29 is 9.72 Å². The average molecular weight is 305 g/mol. The standard InChI is InChI=1S/C17H11N3O3/c18-11-16-15-4-2-1-3-12(15)9-10-19(16)17(21)13-5-7-14(8-6-13)20(22)23/h1-10,16H/t16-/m0/s1. The minimum absolute atomic E-state index is 0.0853. The van der Waals surface area contributed by atoms with Crippen molar-refractivity contribution in [1.29, 1.82) is 5.26 Å². The maximum atomic E-state index is 12.6. The summed E-state index contributed by atoms with van der Waals surface area (Å²) < 4.78 is 0. The molecular formula is C17H11N3O3. The van der Waals surface area contributed by atoms with Crippen LogP contribution in [0, 0.1) is 21.4 Å². The normalized spacial score (nSPS) is 15.6. The van der Waals surface area contributed by atoms with Crippen molar-refractivity contribution in [3.05, 3.63) is 81.5 Å². The summed E-state index contributed by atoms with van der Waals surface area (Å²) in [7, 11) is 0. The predicted molar refractivity (Wildman–Crippen MR) is 83.1 cm³/mol. The van der Waals surface area contributed by atoms with E-state index in [-0.39, 0.29) is 11.6 Å². The molecule has 0 bridgehead atoms. The van der Waals surface area contributed by atoms with E-state index in [2.05, 4.69) is 6.07 Å². The Hall–Kier alpha value is -3.46. The van der Waals surface area contributed by atoms with Crippen molar-refractivity contribution in [3.63, 3.8) is 0 Å². The number of nitro benzene ring substituents is 1. The fourth-order valence-electron chi connectivity index (χ4n) is 2.50. The van der Waals surface area contributed by atoms with E-state index in [0.717, 1.165) is 11.1 Å². The van der Waals surface area contributed by atoms with E-state index < -0.39 is 11.0 Å². The van der Waals surface area contributed by atoms with Gasteiger partial charge in [-0.15, -0.1) is 0 Å². The highest BCUT2D eigenvalue weighted by molar-refractivity contribution is 5.96. The molecule has 0 fully saturated rings. The highest BCUT2D eigenvalue weighted by Crippen LogP contribution is 2.31. The van der Waals surface area contributed by atoms with Crippen molar-refractivity contribution in [3.8, 4) is 6.07 Å². The van der Waals surface area contributed by atoms with Crippen molar-refractivity contribution in [2.75, 3.05) is 0 Å². The van der Waals surface area contributed by atoms with Crippen molar-refractivity contribution in [2.45, 2.75) is 6.04 Å². The number of rotatable bonds is 2. The fraction of sp³-hybridized carbons (Fsp3) is 0.0588. The average Bonchev–Trinajstić information content (AvgIpc) is 2.60. The van der Waals surface area contributed by atoms with Gasteiger partial charge in [0.25, 0.3) is 11.6 Å². The van der Waals surface area contributed by atoms with Crippen LogP contribution >= 0.6 is 0 Å². The van der Waals surface area contributed by atoms with E-state index >= 15 is 0 Å². The van der Waals surface area contributed by atoms with Crippen LogP contribution in [0.3, 0.4) is 0 Å². The summed E-state index contributed by atoms with van der Waals surface area (Å²) in [5.74, 6) is -0.378.